The lowest BCUT2D eigenvalue weighted by atomic mass is 9.94. The number of benzene rings is 2. The van der Waals surface area contributed by atoms with Gasteiger partial charge >= 0.3 is 0 Å². The Morgan fingerprint density at radius 1 is 1.13 bits per heavy atom. The number of amides is 2. The largest absolute Gasteiger partial charge is 0.464 e. The average molecular weight is 404 g/mol. The average Bonchev–Trinajstić information content (AvgIpc) is 3.12. The zero-order chi connectivity index (χ0) is 20.7. The van der Waals surface area contributed by atoms with Crippen molar-refractivity contribution in [3.8, 4) is 0 Å². The van der Waals surface area contributed by atoms with Crippen LogP contribution in [0.5, 0.6) is 0 Å². The van der Waals surface area contributed by atoms with E-state index in [0.717, 1.165) is 11.3 Å². The van der Waals surface area contributed by atoms with E-state index in [1.807, 2.05) is 24.3 Å². The van der Waals surface area contributed by atoms with Gasteiger partial charge in [-0.25, -0.2) is 0 Å². The van der Waals surface area contributed by atoms with Crippen LogP contribution in [0.1, 0.15) is 28.3 Å². The Morgan fingerprint density at radius 2 is 2.00 bits per heavy atom. The molecule has 0 aliphatic carbocycles. The lowest BCUT2D eigenvalue weighted by molar-refractivity contribution is -0.131. The number of hydrogen-bond donors (Lipinski definition) is 1. The predicted octanol–water partition coefficient (Wildman–Crippen LogP) is 2.44. The van der Waals surface area contributed by atoms with Crippen molar-refractivity contribution >= 4 is 28.5 Å². The highest BCUT2D eigenvalue weighted by Crippen LogP contribution is 2.39. The van der Waals surface area contributed by atoms with E-state index in [1.165, 1.54) is 12.3 Å². The molecule has 0 bridgehead atoms. The lowest BCUT2D eigenvalue weighted by Crippen LogP contribution is -2.46. The Morgan fingerprint density at radius 3 is 2.87 bits per heavy atom. The molecule has 1 fully saturated rings. The summed E-state index contributed by atoms with van der Waals surface area (Å²) in [6.07, 6.45) is 2.03. The van der Waals surface area contributed by atoms with Crippen LogP contribution in [-0.2, 0) is 9.53 Å². The molecule has 2 unspecified atom stereocenters. The van der Waals surface area contributed by atoms with Gasteiger partial charge in [0.25, 0.3) is 5.91 Å². The molecule has 152 valence electrons. The van der Waals surface area contributed by atoms with Crippen molar-refractivity contribution < 1.29 is 18.7 Å². The minimum atomic E-state index is -0.151. The summed E-state index contributed by atoms with van der Waals surface area (Å²) < 4.78 is 10.8. The fourth-order valence-corrected chi connectivity index (χ4v) is 4.34. The van der Waals surface area contributed by atoms with Crippen molar-refractivity contribution in [3.63, 3.8) is 0 Å². The quantitative estimate of drug-likeness (QED) is 0.724. The number of nitrogens with zero attached hydrogens (tertiary/aromatic N) is 1. The molecular weight excluding hydrogens is 384 g/mol. The standard InChI is InChI=1S/C23H20N2O5/c26-20-7-8-30-21-10-14(5-6-18(20)21)23(28)25-11-15(17-3-1-2-4-19(17)25)9-16-12-29-13-22(27)24-16/h1-8,10,15-16H,9,11-13H2,(H,24,27). The van der Waals surface area contributed by atoms with E-state index in [0.29, 0.717) is 36.1 Å². The number of para-hydroxylation sites is 1. The highest BCUT2D eigenvalue weighted by atomic mass is 16.5. The minimum absolute atomic E-state index is 0.0747. The Labute approximate surface area is 172 Å². The Kier molecular flexibility index (Phi) is 4.59. The maximum Gasteiger partial charge on any atom is 0.258 e. The van der Waals surface area contributed by atoms with Gasteiger partial charge in [-0.05, 0) is 36.2 Å². The molecule has 1 N–H and O–H groups in total. The molecule has 2 aromatic carbocycles. The van der Waals surface area contributed by atoms with Crippen LogP contribution in [0.25, 0.3) is 11.0 Å². The van der Waals surface area contributed by atoms with Gasteiger partial charge in [-0.15, -0.1) is 0 Å². The normalized spacial score (nSPS) is 20.8. The van der Waals surface area contributed by atoms with Crippen LogP contribution in [0.15, 0.2) is 64.0 Å². The van der Waals surface area contributed by atoms with Crippen molar-refractivity contribution in [2.24, 2.45) is 0 Å². The monoisotopic (exact) mass is 404 g/mol. The van der Waals surface area contributed by atoms with Crippen molar-refractivity contribution in [3.05, 3.63) is 76.1 Å². The molecule has 3 aromatic rings. The Balaban J connectivity index is 1.44. The van der Waals surface area contributed by atoms with E-state index in [9.17, 15) is 14.4 Å². The van der Waals surface area contributed by atoms with Gasteiger partial charge in [-0.1, -0.05) is 18.2 Å². The number of morpholine rings is 1. The van der Waals surface area contributed by atoms with Crippen molar-refractivity contribution in [1.29, 1.82) is 0 Å². The van der Waals surface area contributed by atoms with Crippen molar-refractivity contribution in [2.45, 2.75) is 18.4 Å². The first-order valence-corrected chi connectivity index (χ1v) is 9.89. The molecule has 7 nitrogen and oxygen atoms in total. The summed E-state index contributed by atoms with van der Waals surface area (Å²) in [6.45, 7) is 1.09. The summed E-state index contributed by atoms with van der Waals surface area (Å²) in [5, 5.41) is 3.41. The van der Waals surface area contributed by atoms with Crippen LogP contribution >= 0.6 is 0 Å². The SMILES string of the molecule is O=C1COCC(CC2CN(C(=O)c3ccc4c(=O)ccoc4c3)c3ccccc32)N1. The third-order valence-electron chi connectivity index (χ3n) is 5.71. The number of nitrogens with one attached hydrogen (secondary N) is 1. The zero-order valence-electron chi connectivity index (χ0n) is 16.2. The number of fused-ring (bicyclic) bond motifs is 2. The van der Waals surface area contributed by atoms with Gasteiger partial charge in [0.05, 0.1) is 24.3 Å². The van der Waals surface area contributed by atoms with Gasteiger partial charge in [0.2, 0.25) is 5.91 Å². The van der Waals surface area contributed by atoms with Crippen molar-refractivity contribution in [1.82, 2.24) is 5.32 Å². The number of carbonyl (C=O) groups is 2. The number of ether oxygens (including phenoxy) is 1. The van der Waals surface area contributed by atoms with Crippen LogP contribution in [-0.4, -0.2) is 37.6 Å². The zero-order valence-corrected chi connectivity index (χ0v) is 16.2. The highest BCUT2D eigenvalue weighted by molar-refractivity contribution is 6.08. The number of rotatable bonds is 3. The number of anilines is 1. The molecule has 0 saturated carbocycles. The predicted molar refractivity (Wildman–Crippen MR) is 111 cm³/mol. The Hall–Kier alpha value is -3.45. The van der Waals surface area contributed by atoms with Crippen molar-refractivity contribution in [2.75, 3.05) is 24.7 Å². The van der Waals surface area contributed by atoms with Gasteiger partial charge in [-0.2, -0.15) is 0 Å². The fourth-order valence-electron chi connectivity index (χ4n) is 4.34. The van der Waals surface area contributed by atoms with Gasteiger partial charge in [-0.3, -0.25) is 14.4 Å². The van der Waals surface area contributed by atoms with E-state index in [-0.39, 0.29) is 35.8 Å². The van der Waals surface area contributed by atoms with Crippen LogP contribution < -0.4 is 15.6 Å². The summed E-state index contributed by atoms with van der Waals surface area (Å²) in [6, 6.07) is 14.0. The second-order valence-electron chi connectivity index (χ2n) is 7.68. The van der Waals surface area contributed by atoms with Crippen LogP contribution in [0.3, 0.4) is 0 Å². The van der Waals surface area contributed by atoms with E-state index in [2.05, 4.69) is 5.32 Å². The third kappa shape index (κ3) is 3.27. The summed E-state index contributed by atoms with van der Waals surface area (Å²) in [7, 11) is 0. The van der Waals surface area contributed by atoms with Gasteiger partial charge in [0.15, 0.2) is 5.43 Å². The van der Waals surface area contributed by atoms with Gasteiger partial charge in [0, 0.05) is 29.8 Å². The van der Waals surface area contributed by atoms with E-state index < -0.39 is 0 Å². The second kappa shape index (κ2) is 7.42. The molecule has 1 saturated heterocycles. The molecule has 5 rings (SSSR count). The van der Waals surface area contributed by atoms with E-state index >= 15 is 0 Å². The number of carbonyl (C=O) groups excluding carboxylic acids is 2. The molecule has 3 heterocycles. The first-order chi connectivity index (χ1) is 14.6. The molecule has 1 aromatic heterocycles. The smallest absolute Gasteiger partial charge is 0.258 e. The molecule has 2 aliphatic heterocycles. The summed E-state index contributed by atoms with van der Waals surface area (Å²) in [4.78, 5) is 38.7. The molecule has 0 spiro atoms. The van der Waals surface area contributed by atoms with E-state index in [1.54, 1.807) is 23.1 Å². The molecule has 2 atom stereocenters. The Bertz CT molecular complexity index is 1200. The molecule has 2 aliphatic rings. The minimum Gasteiger partial charge on any atom is -0.464 e. The van der Waals surface area contributed by atoms with Crippen LogP contribution in [0, 0.1) is 0 Å². The topological polar surface area (TPSA) is 88.8 Å². The van der Waals surface area contributed by atoms with Gasteiger partial charge < -0.3 is 19.4 Å². The highest BCUT2D eigenvalue weighted by Gasteiger charge is 2.35. The third-order valence-corrected chi connectivity index (χ3v) is 5.71. The lowest BCUT2D eigenvalue weighted by Gasteiger charge is -2.26. The van der Waals surface area contributed by atoms with Crippen LogP contribution in [0.2, 0.25) is 0 Å². The van der Waals surface area contributed by atoms with E-state index in [4.69, 9.17) is 9.15 Å². The first-order valence-electron chi connectivity index (χ1n) is 9.89. The summed E-state index contributed by atoms with van der Waals surface area (Å²) >= 11 is 0. The molecule has 0 radical (unpaired) electrons. The molecule has 30 heavy (non-hydrogen) atoms. The molecule has 2 amide bonds. The van der Waals surface area contributed by atoms with Gasteiger partial charge in [0.1, 0.15) is 12.2 Å². The summed E-state index contributed by atoms with van der Waals surface area (Å²) in [5.74, 6) is -0.166. The second-order valence-corrected chi connectivity index (χ2v) is 7.68. The number of hydrogen-bond acceptors (Lipinski definition) is 5. The molecule has 7 heteroatoms. The molecular formula is C23H20N2O5. The maximum absolute atomic E-state index is 13.3. The fraction of sp³-hybridized carbons (Fsp3) is 0.261. The maximum atomic E-state index is 13.3. The summed E-state index contributed by atoms with van der Waals surface area (Å²) in [5.41, 5.74) is 2.66. The van der Waals surface area contributed by atoms with Crippen LogP contribution in [0.4, 0.5) is 5.69 Å². The first kappa shape index (κ1) is 18.6.